The van der Waals surface area contributed by atoms with Crippen LogP contribution in [0, 0.1) is 127 Å². The van der Waals surface area contributed by atoms with Gasteiger partial charge in [-0.2, -0.15) is 0 Å². The summed E-state index contributed by atoms with van der Waals surface area (Å²) in [7, 11) is 1.62. The van der Waals surface area contributed by atoms with Crippen LogP contribution in [0.2, 0.25) is 0 Å². The minimum Gasteiger partial charge on any atom is -0.497 e. The molecule has 0 bridgehead atoms. The number of carbonyl (C=O) groups is 1. The van der Waals surface area contributed by atoms with Crippen LogP contribution in [0.5, 0.6) is 5.75 Å². The van der Waals surface area contributed by atoms with Gasteiger partial charge in [-0.25, -0.2) is 0 Å². The van der Waals surface area contributed by atoms with Gasteiger partial charge >= 0.3 is 34.1 Å². The van der Waals surface area contributed by atoms with Crippen LogP contribution in [0.15, 0.2) is 35.9 Å². The van der Waals surface area contributed by atoms with E-state index in [1.165, 1.54) is 0 Å². The third kappa shape index (κ3) is 13.2. The van der Waals surface area contributed by atoms with Gasteiger partial charge in [0.05, 0.1) is 7.11 Å². The third-order valence-electron chi connectivity index (χ3n) is 4.91. The van der Waals surface area contributed by atoms with Crippen molar-refractivity contribution in [2.75, 3.05) is 12.4 Å². The Labute approximate surface area is 242 Å². The van der Waals surface area contributed by atoms with Crippen molar-refractivity contribution in [3.63, 3.8) is 0 Å². The van der Waals surface area contributed by atoms with Gasteiger partial charge in [-0.3, -0.25) is 4.79 Å². The SMILES string of the molecule is COc1ccc(NC(=O)/C(=C/[C]2[CH][CH][CH][CH]2)C[C]2[CH][CH][CH][CH]2)cc1.[CH]1[CH][CH][CH][CH]1.[CH]1[CH][CH][CH][CH]1.[Fe+2].[Fe+2]. The summed E-state index contributed by atoms with van der Waals surface area (Å²) in [6.07, 6.45) is 38.5. The maximum Gasteiger partial charge on any atom is 2.00 e. The molecule has 36 heavy (non-hydrogen) atoms. The van der Waals surface area contributed by atoms with E-state index >= 15 is 0 Å². The van der Waals surface area contributed by atoms with Crippen molar-refractivity contribution >= 4 is 11.6 Å². The number of ether oxygens (including phenoxy) is 1. The van der Waals surface area contributed by atoms with Crippen molar-refractivity contribution in [3.05, 3.63) is 163 Å². The summed E-state index contributed by atoms with van der Waals surface area (Å²) in [5, 5.41) is 2.96. The first-order valence-electron chi connectivity index (χ1n) is 11.2. The first-order chi connectivity index (χ1) is 16.7. The number of benzene rings is 1. The van der Waals surface area contributed by atoms with E-state index in [4.69, 9.17) is 4.74 Å². The predicted octanol–water partition coefficient (Wildman–Crippen LogP) is 5.80. The second-order valence-electron chi connectivity index (χ2n) is 7.46. The van der Waals surface area contributed by atoms with Crippen LogP contribution < -0.4 is 10.1 Å². The number of hydrogen-bond donors (Lipinski definition) is 1. The number of carbonyl (C=O) groups excluding carboxylic acids is 1. The number of hydrogen-bond acceptors (Lipinski definition) is 2. The molecule has 5 heteroatoms. The smallest absolute Gasteiger partial charge is 0.497 e. The molecule has 1 N–H and O–H groups in total. The second-order valence-corrected chi connectivity index (χ2v) is 7.46. The van der Waals surface area contributed by atoms with Gasteiger partial charge in [0.15, 0.2) is 0 Å². The summed E-state index contributed by atoms with van der Waals surface area (Å²) in [6, 6.07) is 7.32. The Kier molecular flexibility index (Phi) is 18.7. The first kappa shape index (κ1) is 33.3. The molecule has 1 amide bonds. The zero-order valence-electron chi connectivity index (χ0n) is 20.0. The Morgan fingerprint density at radius 3 is 1.58 bits per heavy atom. The van der Waals surface area contributed by atoms with Gasteiger partial charge in [0, 0.05) is 17.2 Å². The Balaban J connectivity index is 0.000000448. The topological polar surface area (TPSA) is 38.3 Å². The van der Waals surface area contributed by atoms with E-state index in [0.717, 1.165) is 28.8 Å². The van der Waals surface area contributed by atoms with Gasteiger partial charge in [-0.05, 0) is 152 Å². The van der Waals surface area contributed by atoms with E-state index in [0.29, 0.717) is 6.42 Å². The van der Waals surface area contributed by atoms with E-state index in [9.17, 15) is 4.79 Å². The number of nitrogens with one attached hydrogen (secondary N) is 1. The van der Waals surface area contributed by atoms with Gasteiger partial charge in [-0.1, -0.05) is 6.08 Å². The molecular formula is C31H29Fe2NO2+4. The molecule has 5 rings (SSSR count). The first-order valence-corrected chi connectivity index (χ1v) is 11.2. The Morgan fingerprint density at radius 1 is 0.694 bits per heavy atom. The van der Waals surface area contributed by atoms with Gasteiger partial charge < -0.3 is 10.1 Å². The fourth-order valence-electron chi connectivity index (χ4n) is 3.16. The molecule has 0 unspecified atom stereocenters. The third-order valence-corrected chi connectivity index (χ3v) is 4.91. The van der Waals surface area contributed by atoms with E-state index in [1.807, 2.05) is 146 Å². The Morgan fingerprint density at radius 2 is 1.14 bits per heavy atom. The fraction of sp³-hybridized carbons (Fsp3) is 0.0645. The average Bonchev–Trinajstić information content (AvgIpc) is 3.70. The zero-order valence-corrected chi connectivity index (χ0v) is 22.2. The zero-order chi connectivity index (χ0) is 23.8. The molecule has 0 saturated heterocycles. The van der Waals surface area contributed by atoms with Crippen LogP contribution in [0.4, 0.5) is 5.69 Å². The molecule has 0 aromatic heterocycles. The van der Waals surface area contributed by atoms with E-state index in [1.54, 1.807) is 7.11 Å². The molecule has 4 fully saturated rings. The van der Waals surface area contributed by atoms with Crippen LogP contribution in [0.3, 0.4) is 0 Å². The Hall–Kier alpha value is -0.731. The van der Waals surface area contributed by atoms with Gasteiger partial charge in [0.2, 0.25) is 0 Å². The van der Waals surface area contributed by atoms with Crippen molar-refractivity contribution in [3.8, 4) is 5.75 Å². The molecule has 182 valence electrons. The summed E-state index contributed by atoms with van der Waals surface area (Å²) >= 11 is 0. The van der Waals surface area contributed by atoms with Crippen molar-refractivity contribution in [2.24, 2.45) is 0 Å². The second kappa shape index (κ2) is 20.3. The van der Waals surface area contributed by atoms with Crippen molar-refractivity contribution < 1.29 is 43.7 Å². The number of allylic oxidation sites excluding steroid dienone is 1. The normalized spacial score (nSPS) is 19.8. The summed E-state index contributed by atoms with van der Waals surface area (Å²) in [5.74, 6) is 2.82. The number of methoxy groups -OCH3 is 1. The molecule has 1 aromatic carbocycles. The summed E-state index contributed by atoms with van der Waals surface area (Å²) in [5.41, 5.74) is 1.47. The van der Waals surface area contributed by atoms with Crippen LogP contribution in [-0.4, -0.2) is 13.0 Å². The molecule has 4 aliphatic rings. The molecule has 4 aliphatic carbocycles. The minimum atomic E-state index is -0.0948. The molecule has 0 spiro atoms. The van der Waals surface area contributed by atoms with Crippen molar-refractivity contribution in [2.45, 2.75) is 6.42 Å². The maximum absolute atomic E-state index is 12.7. The van der Waals surface area contributed by atoms with Crippen molar-refractivity contribution in [1.29, 1.82) is 0 Å². The Bertz CT molecular complexity index is 689. The van der Waals surface area contributed by atoms with Crippen LogP contribution in [0.1, 0.15) is 6.42 Å². The number of amides is 1. The van der Waals surface area contributed by atoms with E-state index in [2.05, 4.69) is 5.32 Å². The van der Waals surface area contributed by atoms with Crippen LogP contribution in [0.25, 0.3) is 0 Å². The molecule has 1 aromatic rings. The van der Waals surface area contributed by atoms with Crippen molar-refractivity contribution in [1.82, 2.24) is 0 Å². The number of rotatable bonds is 6. The maximum atomic E-state index is 12.7. The number of anilines is 1. The minimum absolute atomic E-state index is 0. The van der Waals surface area contributed by atoms with Gasteiger partial charge in [0.25, 0.3) is 5.91 Å². The van der Waals surface area contributed by atoms with Crippen LogP contribution in [-0.2, 0) is 38.9 Å². The van der Waals surface area contributed by atoms with Crippen LogP contribution >= 0.6 is 0 Å². The van der Waals surface area contributed by atoms with Gasteiger partial charge in [-0.15, -0.1) is 0 Å². The molecule has 0 heterocycles. The average molecular weight is 559 g/mol. The summed E-state index contributed by atoms with van der Waals surface area (Å²) in [4.78, 5) is 12.7. The summed E-state index contributed by atoms with van der Waals surface area (Å²) < 4.78 is 5.14. The molecule has 0 atom stereocenters. The monoisotopic (exact) mass is 559 g/mol. The molecule has 3 nitrogen and oxygen atoms in total. The van der Waals surface area contributed by atoms with E-state index in [-0.39, 0.29) is 40.0 Å². The van der Waals surface area contributed by atoms with E-state index < -0.39 is 0 Å². The molecule has 20 radical (unpaired) electrons. The molecular weight excluding hydrogens is 530 g/mol. The van der Waals surface area contributed by atoms with Gasteiger partial charge in [0.1, 0.15) is 5.75 Å². The standard InChI is InChI=1S/C21H19NO2.2C5H5.2Fe/c1-24-20-12-10-19(11-13-20)22-21(23)18(14-16-6-2-3-7-16)15-17-8-4-5-9-17;2*1-2-4-5-3-1;;/h2-14H,15H2,1H3,(H,22,23);2*1-5H;;/q;;;2*+2/b18-14+;;;;. The largest absolute Gasteiger partial charge is 2.00 e. The quantitative estimate of drug-likeness (QED) is 0.354. The molecule has 0 aliphatic heterocycles. The molecule has 4 saturated carbocycles. The fourth-order valence-corrected chi connectivity index (χ4v) is 3.16. The summed E-state index contributed by atoms with van der Waals surface area (Å²) in [6.45, 7) is 0. The predicted molar refractivity (Wildman–Crippen MR) is 138 cm³/mol.